The molecule has 3 heteroatoms. The molecule has 0 bridgehead atoms. The molecule has 0 aromatic rings. The normalized spacial score (nSPS) is 38.6. The maximum Gasteiger partial charge on any atom is 0.302 e. The summed E-state index contributed by atoms with van der Waals surface area (Å²) in [4.78, 5) is 10.5. The van der Waals surface area contributed by atoms with Crippen LogP contribution in [0.3, 0.4) is 0 Å². The Morgan fingerprint density at radius 1 is 1.58 bits per heavy atom. The predicted molar refractivity (Wildman–Crippen MR) is 42.6 cm³/mol. The van der Waals surface area contributed by atoms with Crippen LogP contribution in [0.2, 0.25) is 0 Å². The number of carbonyl (C=O) groups excluding carboxylic acids is 1. The van der Waals surface area contributed by atoms with Gasteiger partial charge in [0.15, 0.2) is 0 Å². The molecule has 0 aromatic heterocycles. The van der Waals surface area contributed by atoms with Gasteiger partial charge in [0.2, 0.25) is 0 Å². The lowest BCUT2D eigenvalue weighted by Gasteiger charge is -2.17. The summed E-state index contributed by atoms with van der Waals surface area (Å²) in [5.74, 6) is 0.283. The van der Waals surface area contributed by atoms with Gasteiger partial charge in [-0.2, -0.15) is 0 Å². The maximum atomic E-state index is 10.5. The summed E-state index contributed by atoms with van der Waals surface area (Å²) in [6.45, 7) is 2.00. The second kappa shape index (κ2) is 3.05. The summed E-state index contributed by atoms with van der Waals surface area (Å²) < 4.78 is 10.4. The van der Waals surface area contributed by atoms with Crippen LogP contribution in [0.1, 0.15) is 26.2 Å². The first-order valence-electron chi connectivity index (χ1n) is 4.56. The van der Waals surface area contributed by atoms with E-state index in [1.165, 1.54) is 19.8 Å². The van der Waals surface area contributed by atoms with Crippen LogP contribution in [0.15, 0.2) is 0 Å². The Morgan fingerprint density at radius 2 is 2.42 bits per heavy atom. The highest BCUT2D eigenvalue weighted by Gasteiger charge is 2.47. The van der Waals surface area contributed by atoms with Gasteiger partial charge in [-0.3, -0.25) is 4.79 Å². The highest BCUT2D eigenvalue weighted by Crippen LogP contribution is 2.40. The van der Waals surface area contributed by atoms with Crippen LogP contribution in [0.5, 0.6) is 0 Å². The Balaban J connectivity index is 1.76. The minimum Gasteiger partial charge on any atom is -0.465 e. The summed E-state index contributed by atoms with van der Waals surface area (Å²) in [6, 6.07) is 0. The van der Waals surface area contributed by atoms with Gasteiger partial charge in [0.05, 0.1) is 18.8 Å². The largest absolute Gasteiger partial charge is 0.465 e. The van der Waals surface area contributed by atoms with Crippen molar-refractivity contribution in [2.24, 2.45) is 5.92 Å². The van der Waals surface area contributed by atoms with Gasteiger partial charge in [-0.15, -0.1) is 0 Å². The van der Waals surface area contributed by atoms with Gasteiger partial charge in [-0.1, -0.05) is 6.42 Å². The monoisotopic (exact) mass is 170 g/mol. The Kier molecular flexibility index (Phi) is 2.05. The second-order valence-corrected chi connectivity index (χ2v) is 3.63. The predicted octanol–water partition coefficient (Wildman–Crippen LogP) is 1.12. The summed E-state index contributed by atoms with van der Waals surface area (Å²) in [6.07, 6.45) is 4.44. The number of epoxide rings is 1. The molecule has 1 heterocycles. The number of esters is 1. The van der Waals surface area contributed by atoms with E-state index in [1.54, 1.807) is 0 Å². The van der Waals surface area contributed by atoms with Crippen molar-refractivity contribution in [3.63, 3.8) is 0 Å². The molecule has 0 spiro atoms. The third-order valence-corrected chi connectivity index (χ3v) is 2.65. The van der Waals surface area contributed by atoms with Crippen molar-refractivity contribution in [3.8, 4) is 0 Å². The Bertz CT molecular complexity index is 190. The first-order valence-corrected chi connectivity index (χ1v) is 4.56. The number of fused-ring (bicyclic) bond motifs is 1. The fourth-order valence-corrected chi connectivity index (χ4v) is 1.95. The van der Waals surface area contributed by atoms with Crippen molar-refractivity contribution >= 4 is 5.97 Å². The zero-order valence-electron chi connectivity index (χ0n) is 7.29. The molecule has 2 rings (SSSR count). The first kappa shape index (κ1) is 8.05. The molecule has 3 nitrogen and oxygen atoms in total. The van der Waals surface area contributed by atoms with Gasteiger partial charge in [0, 0.05) is 12.8 Å². The van der Waals surface area contributed by atoms with E-state index in [2.05, 4.69) is 0 Å². The molecular formula is C9H14O3. The van der Waals surface area contributed by atoms with Gasteiger partial charge in [0.1, 0.15) is 0 Å². The quantitative estimate of drug-likeness (QED) is 0.460. The van der Waals surface area contributed by atoms with Crippen molar-refractivity contribution in [2.45, 2.75) is 38.4 Å². The van der Waals surface area contributed by atoms with E-state index in [1.807, 2.05) is 0 Å². The molecule has 2 fully saturated rings. The van der Waals surface area contributed by atoms with Gasteiger partial charge in [0.25, 0.3) is 0 Å². The van der Waals surface area contributed by atoms with Gasteiger partial charge >= 0.3 is 5.97 Å². The average Bonchev–Trinajstić information content (AvgIpc) is 2.78. The second-order valence-electron chi connectivity index (χ2n) is 3.63. The van der Waals surface area contributed by atoms with Gasteiger partial charge in [-0.25, -0.2) is 0 Å². The molecule has 1 unspecified atom stereocenters. The van der Waals surface area contributed by atoms with Gasteiger partial charge in [-0.05, 0) is 12.8 Å². The van der Waals surface area contributed by atoms with Crippen LogP contribution >= 0.6 is 0 Å². The highest BCUT2D eigenvalue weighted by molar-refractivity contribution is 5.65. The lowest BCUT2D eigenvalue weighted by Crippen LogP contribution is -2.22. The number of hydrogen-bond donors (Lipinski definition) is 0. The van der Waals surface area contributed by atoms with Crippen molar-refractivity contribution in [1.29, 1.82) is 0 Å². The lowest BCUT2D eigenvalue weighted by atomic mass is 9.90. The smallest absolute Gasteiger partial charge is 0.302 e. The standard InChI is InChI=1S/C9H14O3/c1-6(10)11-5-7-3-2-4-8-9(7)12-8/h7-9H,2-5H2,1H3/t7?,8-,9+/m1/s1. The molecule has 0 amide bonds. The summed E-state index contributed by atoms with van der Waals surface area (Å²) >= 11 is 0. The Hall–Kier alpha value is -0.570. The van der Waals surface area contributed by atoms with Crippen LogP contribution in [0, 0.1) is 5.92 Å². The molecule has 1 aliphatic heterocycles. The van der Waals surface area contributed by atoms with Crippen molar-refractivity contribution in [2.75, 3.05) is 6.61 Å². The van der Waals surface area contributed by atoms with E-state index in [0.29, 0.717) is 24.7 Å². The topological polar surface area (TPSA) is 38.8 Å². The fraction of sp³-hybridized carbons (Fsp3) is 0.889. The average molecular weight is 170 g/mol. The van der Waals surface area contributed by atoms with E-state index in [9.17, 15) is 4.79 Å². The van der Waals surface area contributed by atoms with E-state index < -0.39 is 0 Å². The molecule has 0 aromatic carbocycles. The molecule has 0 radical (unpaired) electrons. The minimum atomic E-state index is -0.183. The lowest BCUT2D eigenvalue weighted by molar-refractivity contribution is -0.142. The number of ether oxygens (including phenoxy) is 2. The van der Waals surface area contributed by atoms with Crippen LogP contribution in [0.25, 0.3) is 0 Å². The van der Waals surface area contributed by atoms with Crippen molar-refractivity contribution in [1.82, 2.24) is 0 Å². The van der Waals surface area contributed by atoms with Crippen LogP contribution in [-0.4, -0.2) is 24.8 Å². The number of carbonyl (C=O) groups is 1. The zero-order chi connectivity index (χ0) is 8.55. The molecule has 0 N–H and O–H groups in total. The third kappa shape index (κ3) is 1.61. The van der Waals surface area contributed by atoms with Crippen LogP contribution in [-0.2, 0) is 14.3 Å². The minimum absolute atomic E-state index is 0.183. The molecular weight excluding hydrogens is 156 g/mol. The Morgan fingerprint density at radius 3 is 3.17 bits per heavy atom. The van der Waals surface area contributed by atoms with E-state index in [0.717, 1.165) is 6.42 Å². The Labute approximate surface area is 72.0 Å². The molecule has 3 atom stereocenters. The summed E-state index contributed by atoms with van der Waals surface area (Å²) in [5, 5.41) is 0. The fourth-order valence-electron chi connectivity index (χ4n) is 1.95. The van der Waals surface area contributed by atoms with Gasteiger partial charge < -0.3 is 9.47 Å². The molecule has 68 valence electrons. The maximum absolute atomic E-state index is 10.5. The van der Waals surface area contributed by atoms with E-state index in [4.69, 9.17) is 9.47 Å². The molecule has 12 heavy (non-hydrogen) atoms. The SMILES string of the molecule is CC(=O)OCC1CCC[C@H]2O[C@@H]12. The molecule has 1 saturated heterocycles. The van der Waals surface area contributed by atoms with Crippen molar-refractivity contribution < 1.29 is 14.3 Å². The van der Waals surface area contributed by atoms with E-state index >= 15 is 0 Å². The molecule has 1 aliphatic carbocycles. The zero-order valence-corrected chi connectivity index (χ0v) is 7.29. The van der Waals surface area contributed by atoms with Crippen LogP contribution < -0.4 is 0 Å². The molecule has 1 saturated carbocycles. The summed E-state index contributed by atoms with van der Waals surface area (Å²) in [5.41, 5.74) is 0. The number of hydrogen-bond acceptors (Lipinski definition) is 3. The first-order chi connectivity index (χ1) is 5.77. The summed E-state index contributed by atoms with van der Waals surface area (Å²) in [7, 11) is 0. The third-order valence-electron chi connectivity index (χ3n) is 2.65. The van der Waals surface area contributed by atoms with Crippen molar-refractivity contribution in [3.05, 3.63) is 0 Å². The number of rotatable bonds is 2. The van der Waals surface area contributed by atoms with E-state index in [-0.39, 0.29) is 5.97 Å². The highest BCUT2D eigenvalue weighted by atomic mass is 16.6. The van der Waals surface area contributed by atoms with Crippen LogP contribution in [0.4, 0.5) is 0 Å². The molecule has 2 aliphatic rings.